The quantitative estimate of drug-likeness (QED) is 0.859. The van der Waals surface area contributed by atoms with E-state index in [1.165, 1.54) is 37.8 Å². The van der Waals surface area contributed by atoms with Crippen molar-refractivity contribution >= 4 is 16.1 Å². The maximum Gasteiger partial charge on any atom is 0.261 e. The van der Waals surface area contributed by atoms with Crippen LogP contribution < -0.4 is 9.46 Å². The Balaban J connectivity index is 2.08. The first kappa shape index (κ1) is 14.0. The molecule has 1 aromatic carbocycles. The Morgan fingerprint density at radius 1 is 1.25 bits per heavy atom. The average Bonchev–Trinajstić information content (AvgIpc) is 2.97. The third-order valence-electron chi connectivity index (χ3n) is 2.44. The van der Waals surface area contributed by atoms with Crippen LogP contribution in [-0.2, 0) is 10.0 Å². The molecule has 6 heteroatoms. The molecule has 1 aromatic heterocycles. The van der Waals surface area contributed by atoms with Gasteiger partial charge in [0.05, 0.1) is 24.5 Å². The molecule has 0 saturated heterocycles. The van der Waals surface area contributed by atoms with Gasteiger partial charge in [-0.1, -0.05) is 5.73 Å². The fraction of sp³-hybridized carbons (Fsp3) is 0.0714. The van der Waals surface area contributed by atoms with Crippen molar-refractivity contribution in [2.75, 3.05) is 7.11 Å². The second-order valence-corrected chi connectivity index (χ2v) is 5.48. The highest BCUT2D eigenvalue weighted by Crippen LogP contribution is 2.15. The monoisotopic (exact) mass is 291 g/mol. The predicted octanol–water partition coefficient (Wildman–Crippen LogP) is 2.39. The lowest BCUT2D eigenvalue weighted by molar-refractivity contribution is 0.414. The van der Waals surface area contributed by atoms with Gasteiger partial charge in [-0.2, -0.15) is 0 Å². The van der Waals surface area contributed by atoms with E-state index < -0.39 is 10.0 Å². The van der Waals surface area contributed by atoms with Crippen LogP contribution in [0.15, 0.2) is 63.9 Å². The Kier molecular flexibility index (Phi) is 4.30. The molecule has 20 heavy (non-hydrogen) atoms. The first-order valence-electron chi connectivity index (χ1n) is 5.73. The van der Waals surface area contributed by atoms with Crippen LogP contribution in [0.1, 0.15) is 5.76 Å². The van der Waals surface area contributed by atoms with Crippen LogP contribution in [0.5, 0.6) is 5.75 Å². The fourth-order valence-corrected chi connectivity index (χ4v) is 2.29. The lowest BCUT2D eigenvalue weighted by Crippen LogP contribution is -2.17. The van der Waals surface area contributed by atoms with Gasteiger partial charge in [-0.15, -0.1) is 0 Å². The van der Waals surface area contributed by atoms with Crippen molar-refractivity contribution in [3.8, 4) is 5.75 Å². The number of methoxy groups -OCH3 is 1. The highest BCUT2D eigenvalue weighted by Gasteiger charge is 2.11. The number of hydrogen-bond acceptors (Lipinski definition) is 4. The molecule has 0 amide bonds. The number of sulfonamides is 1. The van der Waals surface area contributed by atoms with Gasteiger partial charge < -0.3 is 9.15 Å². The van der Waals surface area contributed by atoms with Crippen molar-refractivity contribution in [3.05, 3.63) is 60.4 Å². The van der Waals surface area contributed by atoms with E-state index in [4.69, 9.17) is 9.15 Å². The molecule has 0 aliphatic heterocycles. The van der Waals surface area contributed by atoms with E-state index in [2.05, 4.69) is 10.5 Å². The first-order chi connectivity index (χ1) is 9.62. The number of rotatable bonds is 5. The second kappa shape index (κ2) is 6.14. The zero-order valence-electron chi connectivity index (χ0n) is 10.7. The maximum absolute atomic E-state index is 11.9. The molecular weight excluding hydrogens is 278 g/mol. The molecule has 0 aliphatic carbocycles. The van der Waals surface area contributed by atoms with Gasteiger partial charge in [-0.25, -0.2) is 8.42 Å². The molecular formula is C14H13NO4S. The molecule has 0 saturated carbocycles. The number of hydrogen-bond donors (Lipinski definition) is 1. The van der Waals surface area contributed by atoms with E-state index in [1.807, 2.05) is 0 Å². The minimum absolute atomic E-state index is 0.148. The van der Waals surface area contributed by atoms with Crippen molar-refractivity contribution in [3.63, 3.8) is 0 Å². The van der Waals surface area contributed by atoms with Gasteiger partial charge in [0.15, 0.2) is 0 Å². The number of furan rings is 1. The summed E-state index contributed by atoms with van der Waals surface area (Å²) in [6.45, 7) is 0. The van der Waals surface area contributed by atoms with Gasteiger partial charge in [0, 0.05) is 6.08 Å². The Bertz CT molecular complexity index is 709. The fourth-order valence-electron chi connectivity index (χ4n) is 1.43. The standard InChI is InChI=1S/C14H13NO4S/c1-18-12-6-8-14(9-7-12)20(16,17)15-10-2-4-13-5-3-11-19-13/h3-11,15H,1H3. The van der Waals surface area contributed by atoms with Gasteiger partial charge in [-0.3, -0.25) is 4.72 Å². The molecule has 1 heterocycles. The molecule has 1 N–H and O–H groups in total. The Morgan fingerprint density at radius 3 is 2.60 bits per heavy atom. The molecule has 0 bridgehead atoms. The SMILES string of the molecule is COc1ccc(S(=O)(=O)NC=C=Cc2ccco2)cc1. The third-order valence-corrected chi connectivity index (χ3v) is 3.76. The minimum Gasteiger partial charge on any atom is -0.497 e. The molecule has 5 nitrogen and oxygen atoms in total. The molecule has 0 unspecified atom stereocenters. The zero-order chi connectivity index (χ0) is 14.4. The largest absolute Gasteiger partial charge is 0.497 e. The predicted molar refractivity (Wildman–Crippen MR) is 74.6 cm³/mol. The highest BCUT2D eigenvalue weighted by atomic mass is 32.2. The highest BCUT2D eigenvalue weighted by molar-refractivity contribution is 7.89. The zero-order valence-corrected chi connectivity index (χ0v) is 11.6. The number of nitrogens with one attached hydrogen (secondary N) is 1. The van der Waals surface area contributed by atoms with E-state index in [1.54, 1.807) is 24.3 Å². The lowest BCUT2D eigenvalue weighted by Gasteiger charge is -2.04. The Labute approximate surface area is 117 Å². The minimum atomic E-state index is -3.60. The van der Waals surface area contributed by atoms with Crippen LogP contribution in [0.4, 0.5) is 0 Å². The summed E-state index contributed by atoms with van der Waals surface area (Å²) >= 11 is 0. The molecule has 104 valence electrons. The van der Waals surface area contributed by atoms with Crippen LogP contribution >= 0.6 is 0 Å². The summed E-state index contributed by atoms with van der Waals surface area (Å²) in [5, 5.41) is 0. The van der Waals surface area contributed by atoms with E-state index in [0.29, 0.717) is 11.5 Å². The molecule has 0 fully saturated rings. The second-order valence-electron chi connectivity index (χ2n) is 3.77. The molecule has 0 radical (unpaired) electrons. The molecule has 2 aromatic rings. The molecule has 0 atom stereocenters. The van der Waals surface area contributed by atoms with Gasteiger partial charge >= 0.3 is 0 Å². The Hall–Kier alpha value is -2.43. The molecule has 2 rings (SSSR count). The van der Waals surface area contributed by atoms with Crippen LogP contribution in [0.2, 0.25) is 0 Å². The van der Waals surface area contributed by atoms with E-state index in [9.17, 15) is 8.42 Å². The van der Waals surface area contributed by atoms with Crippen LogP contribution in [-0.4, -0.2) is 15.5 Å². The normalized spacial score (nSPS) is 10.4. The lowest BCUT2D eigenvalue weighted by atomic mass is 10.3. The number of ether oxygens (including phenoxy) is 1. The van der Waals surface area contributed by atoms with Crippen molar-refractivity contribution in [2.45, 2.75) is 4.90 Å². The summed E-state index contributed by atoms with van der Waals surface area (Å²) < 4.78 is 36.2. The molecule has 0 spiro atoms. The summed E-state index contributed by atoms with van der Waals surface area (Å²) in [4.78, 5) is 0.148. The van der Waals surface area contributed by atoms with Gasteiger partial charge in [-0.05, 0) is 36.4 Å². The van der Waals surface area contributed by atoms with Crippen molar-refractivity contribution < 1.29 is 17.6 Å². The Morgan fingerprint density at radius 2 is 2.00 bits per heavy atom. The summed E-state index contributed by atoms with van der Waals surface area (Å²) in [5.41, 5.74) is 2.68. The third kappa shape index (κ3) is 3.54. The van der Waals surface area contributed by atoms with Crippen LogP contribution in [0, 0.1) is 0 Å². The topological polar surface area (TPSA) is 68.5 Å². The smallest absolute Gasteiger partial charge is 0.261 e. The average molecular weight is 291 g/mol. The van der Waals surface area contributed by atoms with E-state index in [-0.39, 0.29) is 4.90 Å². The van der Waals surface area contributed by atoms with Crippen LogP contribution in [0.3, 0.4) is 0 Å². The first-order valence-corrected chi connectivity index (χ1v) is 7.21. The summed E-state index contributed by atoms with van der Waals surface area (Å²) in [7, 11) is -2.08. The van der Waals surface area contributed by atoms with Crippen molar-refractivity contribution in [1.82, 2.24) is 4.72 Å². The van der Waals surface area contributed by atoms with Crippen molar-refractivity contribution in [1.29, 1.82) is 0 Å². The summed E-state index contributed by atoms with van der Waals surface area (Å²) in [6, 6.07) is 9.55. The van der Waals surface area contributed by atoms with Crippen molar-refractivity contribution in [2.24, 2.45) is 0 Å². The maximum atomic E-state index is 11.9. The van der Waals surface area contributed by atoms with E-state index in [0.717, 1.165) is 0 Å². The number of benzene rings is 1. The van der Waals surface area contributed by atoms with E-state index >= 15 is 0 Å². The van der Waals surface area contributed by atoms with Gasteiger partial charge in [0.25, 0.3) is 10.0 Å². The van der Waals surface area contributed by atoms with Gasteiger partial charge in [0.2, 0.25) is 0 Å². The molecule has 0 aliphatic rings. The van der Waals surface area contributed by atoms with Gasteiger partial charge in [0.1, 0.15) is 11.5 Å². The summed E-state index contributed by atoms with van der Waals surface area (Å²) in [5.74, 6) is 1.18. The van der Waals surface area contributed by atoms with Crippen LogP contribution in [0.25, 0.3) is 6.08 Å². The summed E-state index contributed by atoms with van der Waals surface area (Å²) in [6.07, 6.45) is 4.26.